The Bertz CT molecular complexity index is 2480. The van der Waals surface area contributed by atoms with E-state index in [9.17, 15) is 0 Å². The molecule has 0 saturated heterocycles. The number of benzene rings is 9. The second-order valence-electron chi connectivity index (χ2n) is 12.1. The van der Waals surface area contributed by atoms with Gasteiger partial charge in [-0.15, -0.1) is 0 Å². The van der Waals surface area contributed by atoms with Crippen LogP contribution in [-0.2, 0) is 0 Å². The third-order valence-corrected chi connectivity index (χ3v) is 9.47. The minimum Gasteiger partial charge on any atom is -0.0622 e. The van der Waals surface area contributed by atoms with Crippen LogP contribution in [0.5, 0.6) is 0 Å². The molecule has 0 aliphatic heterocycles. The fraction of sp³-hybridized carbons (Fsp3) is 0. The zero-order valence-corrected chi connectivity index (χ0v) is 25.3. The molecule has 0 nitrogen and oxygen atoms in total. The summed E-state index contributed by atoms with van der Waals surface area (Å²) in [6.45, 7) is 0. The molecule has 0 heterocycles. The van der Waals surface area contributed by atoms with Crippen molar-refractivity contribution in [3.05, 3.63) is 182 Å². The van der Waals surface area contributed by atoms with E-state index in [0.717, 1.165) is 0 Å². The fourth-order valence-electron chi connectivity index (χ4n) is 7.22. The third kappa shape index (κ3) is 4.38. The molecule has 9 aromatic carbocycles. The van der Waals surface area contributed by atoms with Crippen molar-refractivity contribution in [1.29, 1.82) is 0 Å². The molecule has 0 fully saturated rings. The van der Waals surface area contributed by atoms with E-state index < -0.39 is 0 Å². The zero-order chi connectivity index (χ0) is 30.5. The lowest BCUT2D eigenvalue weighted by Crippen LogP contribution is -1.91. The lowest BCUT2D eigenvalue weighted by atomic mass is 9.85. The van der Waals surface area contributed by atoms with Gasteiger partial charge in [0.1, 0.15) is 0 Å². The van der Waals surface area contributed by atoms with Crippen molar-refractivity contribution in [3.8, 4) is 44.5 Å². The van der Waals surface area contributed by atoms with Crippen LogP contribution in [0.4, 0.5) is 0 Å². The van der Waals surface area contributed by atoms with Gasteiger partial charge in [0.25, 0.3) is 0 Å². The van der Waals surface area contributed by atoms with Crippen LogP contribution in [0, 0.1) is 0 Å². The molecule has 0 bridgehead atoms. The van der Waals surface area contributed by atoms with E-state index >= 15 is 0 Å². The topological polar surface area (TPSA) is 0 Å². The van der Waals surface area contributed by atoms with Crippen LogP contribution < -0.4 is 0 Å². The summed E-state index contributed by atoms with van der Waals surface area (Å²) in [6, 6.07) is 66.5. The smallest absolute Gasteiger partial charge is 0.00261 e. The van der Waals surface area contributed by atoms with Crippen LogP contribution in [0.1, 0.15) is 0 Å². The Labute approximate surface area is 268 Å². The Morgan fingerprint density at radius 2 is 0.543 bits per heavy atom. The summed E-state index contributed by atoms with van der Waals surface area (Å²) in [6.07, 6.45) is 0. The van der Waals surface area contributed by atoms with E-state index in [1.807, 2.05) is 0 Å². The molecule has 0 spiro atoms. The molecule has 0 N–H and O–H groups in total. The summed E-state index contributed by atoms with van der Waals surface area (Å²) >= 11 is 0. The van der Waals surface area contributed by atoms with Gasteiger partial charge in [-0.25, -0.2) is 0 Å². The lowest BCUT2D eigenvalue weighted by molar-refractivity contribution is 1.59. The van der Waals surface area contributed by atoms with Crippen LogP contribution in [0.15, 0.2) is 182 Å². The molecular weight excluding hydrogens is 553 g/mol. The summed E-state index contributed by atoms with van der Waals surface area (Å²) in [5.74, 6) is 0. The van der Waals surface area contributed by atoms with Crippen LogP contribution in [-0.4, -0.2) is 0 Å². The summed E-state index contributed by atoms with van der Waals surface area (Å²) in [4.78, 5) is 0. The molecule has 0 saturated carbocycles. The normalized spacial score (nSPS) is 11.5. The highest BCUT2D eigenvalue weighted by molar-refractivity contribution is 6.22. The summed E-state index contributed by atoms with van der Waals surface area (Å²) < 4.78 is 0. The molecule has 0 radical (unpaired) electrons. The van der Waals surface area contributed by atoms with E-state index in [0.29, 0.717) is 0 Å². The number of rotatable bonds is 4. The molecule has 214 valence electrons. The van der Waals surface area contributed by atoms with Gasteiger partial charge in [-0.1, -0.05) is 176 Å². The molecule has 0 amide bonds. The molecule has 0 heteroatoms. The van der Waals surface area contributed by atoms with Gasteiger partial charge in [-0.05, 0) is 93.7 Å². The minimum absolute atomic E-state index is 1.22. The quantitative estimate of drug-likeness (QED) is 0.143. The molecule has 9 rings (SSSR count). The Hall–Kier alpha value is -5.98. The lowest BCUT2D eigenvalue weighted by Gasteiger charge is -2.18. The van der Waals surface area contributed by atoms with Crippen LogP contribution >= 0.6 is 0 Å². The highest BCUT2D eigenvalue weighted by atomic mass is 14.2. The van der Waals surface area contributed by atoms with Crippen molar-refractivity contribution in [2.24, 2.45) is 0 Å². The highest BCUT2D eigenvalue weighted by Crippen LogP contribution is 2.44. The van der Waals surface area contributed by atoms with Gasteiger partial charge in [0.2, 0.25) is 0 Å². The van der Waals surface area contributed by atoms with Gasteiger partial charge < -0.3 is 0 Å². The molecule has 0 atom stereocenters. The van der Waals surface area contributed by atoms with Crippen LogP contribution in [0.3, 0.4) is 0 Å². The average molecular weight is 583 g/mol. The second-order valence-corrected chi connectivity index (χ2v) is 12.1. The van der Waals surface area contributed by atoms with Crippen molar-refractivity contribution in [2.45, 2.75) is 0 Å². The first kappa shape index (κ1) is 26.4. The maximum atomic E-state index is 2.39. The number of hydrogen-bond donors (Lipinski definition) is 0. The van der Waals surface area contributed by atoms with Crippen molar-refractivity contribution >= 4 is 43.1 Å². The van der Waals surface area contributed by atoms with Crippen LogP contribution in [0.25, 0.3) is 87.6 Å². The summed E-state index contributed by atoms with van der Waals surface area (Å²) in [5, 5.41) is 10.2. The van der Waals surface area contributed by atoms with Gasteiger partial charge in [-0.2, -0.15) is 0 Å². The van der Waals surface area contributed by atoms with Gasteiger partial charge in [-0.3, -0.25) is 0 Å². The molecule has 9 aromatic rings. The SMILES string of the molecule is c1ccc(-c2ccc(-c3ccc(-c4c5ccccc5c(-c5ccc6ccc7ccccc7c6c5)c5ccccc45)cc3)cc2)cc1. The Kier molecular flexibility index (Phi) is 6.25. The van der Waals surface area contributed by atoms with Gasteiger partial charge in [0.15, 0.2) is 0 Å². The largest absolute Gasteiger partial charge is 0.0622 e. The van der Waals surface area contributed by atoms with E-state index in [1.165, 1.54) is 87.6 Å². The molecule has 0 aliphatic carbocycles. The maximum Gasteiger partial charge on any atom is -0.00261 e. The summed E-state index contributed by atoms with van der Waals surface area (Å²) in [5.41, 5.74) is 9.97. The third-order valence-electron chi connectivity index (χ3n) is 9.47. The van der Waals surface area contributed by atoms with E-state index in [1.54, 1.807) is 0 Å². The second kappa shape index (κ2) is 10.9. The maximum absolute atomic E-state index is 2.39. The van der Waals surface area contributed by atoms with Crippen molar-refractivity contribution in [3.63, 3.8) is 0 Å². The standard InChI is InChI=1S/C46H30/c1-2-10-31(11-3-1)32-18-20-33(21-19-32)34-22-27-37(28-23-34)45-40-14-6-8-16-42(40)46(43-17-9-7-15-41(43)45)38-29-26-36-25-24-35-12-4-5-13-39(35)44(36)30-38/h1-30H. The molecule has 0 aliphatic rings. The Morgan fingerprint density at radius 3 is 1.09 bits per heavy atom. The molecule has 46 heavy (non-hydrogen) atoms. The van der Waals surface area contributed by atoms with E-state index in [-0.39, 0.29) is 0 Å². The van der Waals surface area contributed by atoms with Crippen molar-refractivity contribution in [1.82, 2.24) is 0 Å². The number of fused-ring (bicyclic) bond motifs is 5. The Morgan fingerprint density at radius 1 is 0.196 bits per heavy atom. The first-order valence-corrected chi connectivity index (χ1v) is 15.9. The van der Waals surface area contributed by atoms with Crippen LogP contribution in [0.2, 0.25) is 0 Å². The van der Waals surface area contributed by atoms with Gasteiger partial charge >= 0.3 is 0 Å². The van der Waals surface area contributed by atoms with E-state index in [2.05, 4.69) is 182 Å². The Balaban J connectivity index is 1.19. The monoisotopic (exact) mass is 582 g/mol. The molecular formula is C46H30. The highest BCUT2D eigenvalue weighted by Gasteiger charge is 2.17. The van der Waals surface area contributed by atoms with Crippen molar-refractivity contribution in [2.75, 3.05) is 0 Å². The number of hydrogen-bond acceptors (Lipinski definition) is 0. The fourth-order valence-corrected chi connectivity index (χ4v) is 7.22. The molecule has 0 unspecified atom stereocenters. The predicted molar refractivity (Wildman–Crippen MR) is 198 cm³/mol. The predicted octanol–water partition coefficient (Wildman–Crippen LogP) is 13.0. The first-order valence-electron chi connectivity index (χ1n) is 15.9. The first-order chi connectivity index (χ1) is 22.8. The summed E-state index contributed by atoms with van der Waals surface area (Å²) in [7, 11) is 0. The van der Waals surface area contributed by atoms with E-state index in [4.69, 9.17) is 0 Å². The minimum atomic E-state index is 1.22. The van der Waals surface area contributed by atoms with Gasteiger partial charge in [0.05, 0.1) is 0 Å². The van der Waals surface area contributed by atoms with Gasteiger partial charge in [0, 0.05) is 0 Å². The average Bonchev–Trinajstić information content (AvgIpc) is 3.14. The molecule has 0 aromatic heterocycles. The van der Waals surface area contributed by atoms with Crippen molar-refractivity contribution < 1.29 is 0 Å². The zero-order valence-electron chi connectivity index (χ0n) is 25.3.